The van der Waals surface area contributed by atoms with Crippen LogP contribution in [0.3, 0.4) is 0 Å². The summed E-state index contributed by atoms with van der Waals surface area (Å²) in [5, 5.41) is 8.73. The van der Waals surface area contributed by atoms with Crippen LogP contribution in [0, 0.1) is 5.92 Å². The van der Waals surface area contributed by atoms with E-state index in [4.69, 9.17) is 5.11 Å². The predicted molar refractivity (Wildman–Crippen MR) is 68.0 cm³/mol. The molecule has 1 aliphatic heterocycles. The van der Waals surface area contributed by atoms with E-state index in [0.29, 0.717) is 25.9 Å². The number of piperidine rings is 1. The Balaban J connectivity index is 2.03. The van der Waals surface area contributed by atoms with E-state index in [-0.39, 0.29) is 17.2 Å². The molecule has 0 atom stereocenters. The molecule has 2 heterocycles. The number of hydrogen-bond donors (Lipinski definition) is 1. The molecule has 0 spiro atoms. The van der Waals surface area contributed by atoms with Gasteiger partial charge in [-0.3, -0.25) is 9.78 Å². The van der Waals surface area contributed by atoms with Crippen molar-refractivity contribution in [2.75, 3.05) is 13.1 Å². The molecule has 19 heavy (non-hydrogen) atoms. The number of pyridine rings is 1. The van der Waals surface area contributed by atoms with Gasteiger partial charge < -0.3 is 5.11 Å². The summed E-state index contributed by atoms with van der Waals surface area (Å²) in [6.45, 7) is 0.740. The highest BCUT2D eigenvalue weighted by molar-refractivity contribution is 7.89. The smallest absolute Gasteiger partial charge is 0.303 e. The number of hydrogen-bond acceptors (Lipinski definition) is 4. The second kappa shape index (κ2) is 5.66. The Morgan fingerprint density at radius 3 is 2.63 bits per heavy atom. The summed E-state index contributed by atoms with van der Waals surface area (Å²) < 4.78 is 26.0. The Labute approximate surface area is 112 Å². The fourth-order valence-corrected chi connectivity index (χ4v) is 3.68. The molecule has 6 nitrogen and oxygen atoms in total. The molecule has 0 amide bonds. The van der Waals surface area contributed by atoms with E-state index in [1.807, 2.05) is 0 Å². The number of carboxylic acids is 1. The monoisotopic (exact) mass is 284 g/mol. The van der Waals surface area contributed by atoms with E-state index in [1.165, 1.54) is 22.8 Å². The first-order valence-corrected chi connectivity index (χ1v) is 7.56. The zero-order valence-electron chi connectivity index (χ0n) is 10.4. The molecule has 1 aromatic rings. The van der Waals surface area contributed by atoms with E-state index in [9.17, 15) is 13.2 Å². The van der Waals surface area contributed by atoms with Crippen LogP contribution in [0.15, 0.2) is 29.4 Å². The summed E-state index contributed by atoms with van der Waals surface area (Å²) in [7, 11) is -3.49. The molecular formula is C12H16N2O4S. The van der Waals surface area contributed by atoms with E-state index in [0.717, 1.165) is 0 Å². The molecule has 1 aliphatic rings. The normalized spacial score (nSPS) is 18.3. The third-order valence-corrected chi connectivity index (χ3v) is 5.19. The minimum absolute atomic E-state index is 0.0675. The van der Waals surface area contributed by atoms with Crippen molar-refractivity contribution in [1.82, 2.24) is 9.29 Å². The van der Waals surface area contributed by atoms with Crippen LogP contribution < -0.4 is 0 Å². The molecule has 7 heteroatoms. The third kappa shape index (κ3) is 3.30. The van der Waals surface area contributed by atoms with Crippen LogP contribution in [0.4, 0.5) is 0 Å². The van der Waals surface area contributed by atoms with E-state index in [2.05, 4.69) is 4.98 Å². The van der Waals surface area contributed by atoms with Gasteiger partial charge in [0.2, 0.25) is 10.0 Å². The first-order chi connectivity index (χ1) is 9.00. The minimum atomic E-state index is -3.49. The van der Waals surface area contributed by atoms with Gasteiger partial charge in [-0.25, -0.2) is 8.42 Å². The summed E-state index contributed by atoms with van der Waals surface area (Å²) in [6, 6.07) is 3.11. The Kier molecular flexibility index (Phi) is 4.16. The Morgan fingerprint density at radius 2 is 2.11 bits per heavy atom. The van der Waals surface area contributed by atoms with Crippen molar-refractivity contribution in [3.63, 3.8) is 0 Å². The number of carboxylic acid groups (broad SMARTS) is 1. The van der Waals surface area contributed by atoms with Crippen LogP contribution in [0.1, 0.15) is 19.3 Å². The predicted octanol–water partition coefficient (Wildman–Crippen LogP) is 0.957. The number of aromatic nitrogens is 1. The Bertz CT molecular complexity index is 536. The standard InChI is InChI=1S/C12H16N2O4S/c15-12(16)8-10-3-6-14(7-4-10)19(17,18)11-2-1-5-13-9-11/h1-2,5,9-10H,3-4,6-8H2,(H,15,16). The summed E-state index contributed by atoms with van der Waals surface area (Å²) >= 11 is 0. The molecule has 0 aromatic carbocycles. The molecule has 0 saturated carbocycles. The van der Waals surface area contributed by atoms with Crippen molar-refractivity contribution in [2.24, 2.45) is 5.92 Å². The van der Waals surface area contributed by atoms with Crippen LogP contribution in [0.5, 0.6) is 0 Å². The zero-order valence-corrected chi connectivity index (χ0v) is 11.2. The Hall–Kier alpha value is -1.47. The van der Waals surface area contributed by atoms with Gasteiger partial charge in [0, 0.05) is 31.9 Å². The van der Waals surface area contributed by atoms with Gasteiger partial charge in [0.05, 0.1) is 0 Å². The summed E-state index contributed by atoms with van der Waals surface area (Å²) in [5.74, 6) is -0.758. The maximum Gasteiger partial charge on any atom is 0.303 e. The van der Waals surface area contributed by atoms with Crippen molar-refractivity contribution >= 4 is 16.0 Å². The highest BCUT2D eigenvalue weighted by Crippen LogP contribution is 2.25. The van der Waals surface area contributed by atoms with Crippen molar-refractivity contribution in [2.45, 2.75) is 24.2 Å². The Morgan fingerprint density at radius 1 is 1.42 bits per heavy atom. The van der Waals surface area contributed by atoms with Crippen molar-refractivity contribution in [3.05, 3.63) is 24.5 Å². The first kappa shape index (κ1) is 14.0. The largest absolute Gasteiger partial charge is 0.481 e. The van der Waals surface area contributed by atoms with E-state index in [1.54, 1.807) is 6.07 Å². The number of rotatable bonds is 4. The molecule has 2 rings (SSSR count). The van der Waals surface area contributed by atoms with Gasteiger partial charge in [-0.05, 0) is 30.9 Å². The van der Waals surface area contributed by atoms with E-state index < -0.39 is 16.0 Å². The lowest BCUT2D eigenvalue weighted by molar-refractivity contribution is -0.138. The van der Waals surface area contributed by atoms with E-state index >= 15 is 0 Å². The minimum Gasteiger partial charge on any atom is -0.481 e. The van der Waals surface area contributed by atoms with Crippen LogP contribution in [-0.2, 0) is 14.8 Å². The molecule has 1 fully saturated rings. The van der Waals surface area contributed by atoms with Crippen LogP contribution in [0.2, 0.25) is 0 Å². The number of carbonyl (C=O) groups is 1. The maximum atomic E-state index is 12.3. The lowest BCUT2D eigenvalue weighted by Crippen LogP contribution is -2.38. The van der Waals surface area contributed by atoms with Crippen LogP contribution >= 0.6 is 0 Å². The fraction of sp³-hybridized carbons (Fsp3) is 0.500. The highest BCUT2D eigenvalue weighted by Gasteiger charge is 2.30. The zero-order chi connectivity index (χ0) is 13.9. The first-order valence-electron chi connectivity index (χ1n) is 6.12. The average Bonchev–Trinajstić information content (AvgIpc) is 2.40. The number of aliphatic carboxylic acids is 1. The summed E-state index contributed by atoms with van der Waals surface area (Å²) in [4.78, 5) is 14.6. The third-order valence-electron chi connectivity index (χ3n) is 3.31. The molecule has 0 bridgehead atoms. The fourth-order valence-electron chi connectivity index (χ4n) is 2.25. The maximum absolute atomic E-state index is 12.3. The second-order valence-electron chi connectivity index (χ2n) is 4.63. The quantitative estimate of drug-likeness (QED) is 0.889. The van der Waals surface area contributed by atoms with Gasteiger partial charge in [0.25, 0.3) is 0 Å². The van der Waals surface area contributed by atoms with Crippen molar-refractivity contribution < 1.29 is 18.3 Å². The van der Waals surface area contributed by atoms with Crippen LogP contribution in [-0.4, -0.2) is 41.9 Å². The van der Waals surface area contributed by atoms with Gasteiger partial charge in [0.1, 0.15) is 4.90 Å². The molecular weight excluding hydrogens is 268 g/mol. The molecule has 1 aromatic heterocycles. The van der Waals surface area contributed by atoms with Crippen LogP contribution in [0.25, 0.3) is 0 Å². The summed E-state index contributed by atoms with van der Waals surface area (Å²) in [5.41, 5.74) is 0. The molecule has 104 valence electrons. The van der Waals surface area contributed by atoms with Crippen molar-refractivity contribution in [3.8, 4) is 0 Å². The lowest BCUT2D eigenvalue weighted by atomic mass is 9.95. The number of sulfonamides is 1. The highest BCUT2D eigenvalue weighted by atomic mass is 32.2. The van der Waals surface area contributed by atoms with Gasteiger partial charge in [-0.15, -0.1) is 0 Å². The topological polar surface area (TPSA) is 87.6 Å². The molecule has 0 radical (unpaired) electrons. The second-order valence-corrected chi connectivity index (χ2v) is 6.57. The average molecular weight is 284 g/mol. The SMILES string of the molecule is O=C(O)CC1CCN(S(=O)(=O)c2cccnc2)CC1. The van der Waals surface area contributed by atoms with Gasteiger partial charge in [-0.2, -0.15) is 4.31 Å². The number of nitrogens with zero attached hydrogens (tertiary/aromatic N) is 2. The molecule has 0 unspecified atom stereocenters. The van der Waals surface area contributed by atoms with Gasteiger partial charge >= 0.3 is 5.97 Å². The van der Waals surface area contributed by atoms with Crippen molar-refractivity contribution in [1.29, 1.82) is 0 Å². The molecule has 1 saturated heterocycles. The van der Waals surface area contributed by atoms with Gasteiger partial charge in [-0.1, -0.05) is 0 Å². The van der Waals surface area contributed by atoms with Gasteiger partial charge in [0.15, 0.2) is 0 Å². The lowest BCUT2D eigenvalue weighted by Gasteiger charge is -2.30. The molecule has 0 aliphatic carbocycles. The molecule has 1 N–H and O–H groups in total. The summed E-state index contributed by atoms with van der Waals surface area (Å²) in [6.07, 6.45) is 4.15.